The largest absolute Gasteiger partial charge is 0.324 e. The Labute approximate surface area is 130 Å². The minimum absolute atomic E-state index is 0.0643. The molecule has 104 valence electrons. The van der Waals surface area contributed by atoms with E-state index in [2.05, 4.69) is 39.0 Å². The van der Waals surface area contributed by atoms with Gasteiger partial charge in [0.05, 0.1) is 0 Å². The molecule has 1 aromatic carbocycles. The molecular weight excluding hydrogens is 304 g/mol. The molecule has 2 aromatic heterocycles. The van der Waals surface area contributed by atoms with Crippen LogP contribution in [0, 0.1) is 0 Å². The molecule has 0 spiro atoms. The van der Waals surface area contributed by atoms with Gasteiger partial charge in [0.2, 0.25) is 5.95 Å². The fourth-order valence-electron chi connectivity index (χ4n) is 2.39. The van der Waals surface area contributed by atoms with Crippen LogP contribution in [0.5, 0.6) is 0 Å². The monoisotopic (exact) mass is 314 g/mol. The predicted octanol–water partition coefficient (Wildman–Crippen LogP) is 4.05. The first-order valence-corrected chi connectivity index (χ1v) is 7.75. The van der Waals surface area contributed by atoms with E-state index >= 15 is 0 Å². The lowest BCUT2D eigenvalue weighted by Crippen LogP contribution is -2.19. The molecule has 21 heavy (non-hydrogen) atoms. The third-order valence-electron chi connectivity index (χ3n) is 3.40. The lowest BCUT2D eigenvalue weighted by atomic mass is 10.1. The van der Waals surface area contributed by atoms with Gasteiger partial charge in [-0.3, -0.25) is 0 Å². The summed E-state index contributed by atoms with van der Waals surface area (Å²) in [7, 11) is 0. The van der Waals surface area contributed by atoms with Gasteiger partial charge in [0.15, 0.2) is 0 Å². The normalized spacial score (nSPS) is 17.0. The van der Waals surface area contributed by atoms with Crippen molar-refractivity contribution in [1.82, 2.24) is 14.8 Å². The van der Waals surface area contributed by atoms with Gasteiger partial charge >= 0.3 is 0 Å². The van der Waals surface area contributed by atoms with Crippen molar-refractivity contribution in [3.8, 4) is 0 Å². The molecule has 0 saturated heterocycles. The topological polar surface area (TPSA) is 42.7 Å². The Kier molecular flexibility index (Phi) is 3.02. The third-order valence-corrected chi connectivity index (χ3v) is 4.59. The molecule has 4 nitrogen and oxygen atoms in total. The SMILES string of the molecule is Clc1ccc(C2=CC(c3cccs3)n3ncnc3N2)cc1. The first kappa shape index (κ1) is 12.6. The zero-order valence-corrected chi connectivity index (χ0v) is 12.5. The maximum absolute atomic E-state index is 5.96. The summed E-state index contributed by atoms with van der Waals surface area (Å²) in [6.07, 6.45) is 3.73. The van der Waals surface area contributed by atoms with Gasteiger partial charge in [-0.05, 0) is 35.2 Å². The molecule has 1 aliphatic rings. The van der Waals surface area contributed by atoms with Crippen molar-refractivity contribution in [2.75, 3.05) is 5.32 Å². The standard InChI is InChI=1S/C15H11ClN4S/c16-11-5-3-10(4-6-11)12-8-13(14-2-1-7-21-14)20-15(19-12)17-9-18-20/h1-9,13H,(H,17,18,19). The van der Waals surface area contributed by atoms with Crippen LogP contribution in [0.3, 0.4) is 0 Å². The van der Waals surface area contributed by atoms with E-state index in [1.807, 2.05) is 28.9 Å². The number of fused-ring (bicyclic) bond motifs is 1. The number of nitrogens with zero attached hydrogens (tertiary/aromatic N) is 3. The van der Waals surface area contributed by atoms with Crippen molar-refractivity contribution in [2.45, 2.75) is 6.04 Å². The summed E-state index contributed by atoms with van der Waals surface area (Å²) in [5.41, 5.74) is 2.10. The smallest absolute Gasteiger partial charge is 0.226 e. The molecule has 1 atom stereocenters. The van der Waals surface area contributed by atoms with E-state index < -0.39 is 0 Å². The lowest BCUT2D eigenvalue weighted by molar-refractivity contribution is 0.620. The second-order valence-electron chi connectivity index (χ2n) is 4.70. The molecule has 0 aliphatic carbocycles. The molecule has 3 heterocycles. The molecule has 0 saturated carbocycles. The van der Waals surface area contributed by atoms with Gasteiger partial charge in [-0.25, -0.2) is 4.68 Å². The first-order valence-electron chi connectivity index (χ1n) is 6.49. The van der Waals surface area contributed by atoms with Gasteiger partial charge in [0, 0.05) is 15.6 Å². The van der Waals surface area contributed by atoms with Crippen LogP contribution in [0.25, 0.3) is 5.70 Å². The summed E-state index contributed by atoms with van der Waals surface area (Å²) in [5, 5.41) is 10.4. The zero-order chi connectivity index (χ0) is 14.2. The lowest BCUT2D eigenvalue weighted by Gasteiger charge is -2.23. The van der Waals surface area contributed by atoms with E-state index in [4.69, 9.17) is 11.6 Å². The van der Waals surface area contributed by atoms with Gasteiger partial charge in [-0.1, -0.05) is 29.8 Å². The number of rotatable bonds is 2. The molecule has 0 radical (unpaired) electrons. The van der Waals surface area contributed by atoms with Crippen LogP contribution in [0.1, 0.15) is 16.5 Å². The summed E-state index contributed by atoms with van der Waals surface area (Å²) in [4.78, 5) is 5.52. The van der Waals surface area contributed by atoms with Crippen LogP contribution in [0.4, 0.5) is 5.95 Å². The highest BCUT2D eigenvalue weighted by molar-refractivity contribution is 7.10. The maximum Gasteiger partial charge on any atom is 0.226 e. The second-order valence-corrected chi connectivity index (χ2v) is 6.12. The van der Waals surface area contributed by atoms with Crippen molar-refractivity contribution in [3.05, 3.63) is 69.6 Å². The fraction of sp³-hybridized carbons (Fsp3) is 0.0667. The maximum atomic E-state index is 5.96. The molecule has 3 aromatic rings. The number of hydrogen-bond acceptors (Lipinski definition) is 4. The van der Waals surface area contributed by atoms with Gasteiger partial charge in [-0.15, -0.1) is 11.3 Å². The highest BCUT2D eigenvalue weighted by Gasteiger charge is 2.23. The van der Waals surface area contributed by atoms with Crippen molar-refractivity contribution in [1.29, 1.82) is 0 Å². The summed E-state index contributed by atoms with van der Waals surface area (Å²) < 4.78 is 1.89. The summed E-state index contributed by atoms with van der Waals surface area (Å²) in [6.45, 7) is 0. The van der Waals surface area contributed by atoms with Crippen LogP contribution in [0.2, 0.25) is 5.02 Å². The third kappa shape index (κ3) is 2.24. The Balaban J connectivity index is 1.80. The van der Waals surface area contributed by atoms with E-state index in [9.17, 15) is 0 Å². The molecule has 0 amide bonds. The van der Waals surface area contributed by atoms with Gasteiger partial charge in [-0.2, -0.15) is 10.1 Å². The molecule has 0 bridgehead atoms. The minimum Gasteiger partial charge on any atom is -0.324 e. The van der Waals surface area contributed by atoms with Crippen molar-refractivity contribution < 1.29 is 0 Å². The van der Waals surface area contributed by atoms with Crippen LogP contribution < -0.4 is 5.32 Å². The van der Waals surface area contributed by atoms with Crippen LogP contribution in [-0.4, -0.2) is 14.8 Å². The molecule has 1 aliphatic heterocycles. The highest BCUT2D eigenvalue weighted by Crippen LogP contribution is 2.33. The predicted molar refractivity (Wildman–Crippen MR) is 85.5 cm³/mol. The average molecular weight is 315 g/mol. The Hall–Kier alpha value is -2.11. The molecule has 4 rings (SSSR count). The molecule has 1 N–H and O–H groups in total. The van der Waals surface area contributed by atoms with E-state index in [1.54, 1.807) is 17.7 Å². The van der Waals surface area contributed by atoms with E-state index in [0.29, 0.717) is 0 Å². The van der Waals surface area contributed by atoms with E-state index in [1.165, 1.54) is 4.88 Å². The molecule has 6 heteroatoms. The first-order chi connectivity index (χ1) is 10.3. The van der Waals surface area contributed by atoms with Crippen molar-refractivity contribution in [2.24, 2.45) is 0 Å². The van der Waals surface area contributed by atoms with Crippen molar-refractivity contribution >= 4 is 34.6 Å². The van der Waals surface area contributed by atoms with Crippen LogP contribution >= 0.6 is 22.9 Å². The van der Waals surface area contributed by atoms with Gasteiger partial charge in [0.25, 0.3) is 0 Å². The summed E-state index contributed by atoms with van der Waals surface area (Å²) >= 11 is 7.67. The van der Waals surface area contributed by atoms with Crippen molar-refractivity contribution in [3.63, 3.8) is 0 Å². The molecular formula is C15H11ClN4S. The summed E-state index contributed by atoms with van der Waals surface area (Å²) in [6, 6.07) is 12.0. The fourth-order valence-corrected chi connectivity index (χ4v) is 3.30. The Morgan fingerprint density at radius 1 is 1.19 bits per heavy atom. The number of allylic oxidation sites excluding steroid dienone is 1. The highest BCUT2D eigenvalue weighted by atomic mass is 35.5. The number of hydrogen-bond donors (Lipinski definition) is 1. The number of nitrogens with one attached hydrogen (secondary N) is 1. The second kappa shape index (κ2) is 5.02. The Bertz CT molecular complexity index is 789. The number of thiophene rings is 1. The Morgan fingerprint density at radius 3 is 2.81 bits per heavy atom. The van der Waals surface area contributed by atoms with Crippen LogP contribution in [-0.2, 0) is 0 Å². The molecule has 0 fully saturated rings. The van der Waals surface area contributed by atoms with Gasteiger partial charge < -0.3 is 5.32 Å². The molecule has 1 unspecified atom stereocenters. The van der Waals surface area contributed by atoms with Crippen LogP contribution in [0.15, 0.2) is 54.2 Å². The van der Waals surface area contributed by atoms with Gasteiger partial charge in [0.1, 0.15) is 12.4 Å². The number of benzene rings is 1. The Morgan fingerprint density at radius 2 is 2.05 bits per heavy atom. The average Bonchev–Trinajstić information content (AvgIpc) is 3.18. The number of halogens is 1. The number of anilines is 1. The zero-order valence-electron chi connectivity index (χ0n) is 10.9. The van der Waals surface area contributed by atoms with E-state index in [-0.39, 0.29) is 6.04 Å². The number of aromatic nitrogens is 3. The summed E-state index contributed by atoms with van der Waals surface area (Å²) in [5.74, 6) is 0.751. The van der Waals surface area contributed by atoms with E-state index in [0.717, 1.165) is 22.2 Å². The minimum atomic E-state index is 0.0643. The quantitative estimate of drug-likeness (QED) is 0.776.